The molecule has 2 aliphatic rings. The summed E-state index contributed by atoms with van der Waals surface area (Å²) in [6, 6.07) is 7.47. The molecule has 4 rings (SSSR count). The second-order valence-electron chi connectivity index (χ2n) is 6.46. The van der Waals surface area contributed by atoms with Gasteiger partial charge in [0.05, 0.1) is 29.4 Å². The molecule has 0 N–H and O–H groups in total. The minimum atomic E-state index is -1.25. The van der Waals surface area contributed by atoms with Crippen molar-refractivity contribution >= 4 is 29.1 Å². The molecule has 0 saturated carbocycles. The van der Waals surface area contributed by atoms with E-state index in [1.807, 2.05) is 0 Å². The third-order valence-corrected chi connectivity index (χ3v) is 5.14. The molecular formula is C19H16Cl2FNO4. The summed E-state index contributed by atoms with van der Waals surface area (Å²) < 4.78 is 31.6. The lowest BCUT2D eigenvalue weighted by Crippen LogP contribution is -2.41. The average Bonchev–Trinajstić information content (AvgIpc) is 2.97. The second-order valence-corrected chi connectivity index (χ2v) is 7.30. The highest BCUT2D eigenvalue weighted by Gasteiger charge is 2.41. The zero-order valence-electron chi connectivity index (χ0n) is 14.4. The fourth-order valence-electron chi connectivity index (χ4n) is 3.20. The molecule has 142 valence electrons. The van der Waals surface area contributed by atoms with E-state index in [2.05, 4.69) is 0 Å². The van der Waals surface area contributed by atoms with Crippen LogP contribution in [0.3, 0.4) is 0 Å². The topological polar surface area (TPSA) is 48.0 Å². The van der Waals surface area contributed by atoms with Crippen molar-refractivity contribution in [3.8, 4) is 11.5 Å². The Morgan fingerprint density at radius 2 is 1.78 bits per heavy atom. The lowest BCUT2D eigenvalue weighted by atomic mass is 10.1. The molecule has 8 heteroatoms. The van der Waals surface area contributed by atoms with Gasteiger partial charge in [-0.1, -0.05) is 23.2 Å². The fraction of sp³-hybridized carbons (Fsp3) is 0.316. The van der Waals surface area contributed by atoms with E-state index in [0.717, 1.165) is 6.07 Å². The number of benzene rings is 2. The first-order valence-electron chi connectivity index (χ1n) is 8.41. The first kappa shape index (κ1) is 18.3. The second kappa shape index (κ2) is 6.86. The molecule has 27 heavy (non-hydrogen) atoms. The van der Waals surface area contributed by atoms with Gasteiger partial charge in [-0.25, -0.2) is 4.39 Å². The van der Waals surface area contributed by atoms with Crippen LogP contribution in [-0.2, 0) is 10.5 Å². The van der Waals surface area contributed by atoms with E-state index in [9.17, 15) is 9.18 Å². The minimum Gasteiger partial charge on any atom is -0.444 e. The maximum Gasteiger partial charge on any atom is 0.276 e. The van der Waals surface area contributed by atoms with Crippen LogP contribution in [0, 0.1) is 5.82 Å². The Hall–Kier alpha value is -2.02. The number of hydrogen-bond acceptors (Lipinski definition) is 4. The van der Waals surface area contributed by atoms with Crippen molar-refractivity contribution in [3.05, 3.63) is 57.3 Å². The largest absolute Gasteiger partial charge is 0.444 e. The number of halogens is 3. The smallest absolute Gasteiger partial charge is 0.276 e. The Morgan fingerprint density at radius 1 is 1.11 bits per heavy atom. The summed E-state index contributed by atoms with van der Waals surface area (Å²) in [6.07, 6.45) is 0. The van der Waals surface area contributed by atoms with Crippen molar-refractivity contribution in [2.75, 3.05) is 26.3 Å². The van der Waals surface area contributed by atoms with Crippen molar-refractivity contribution in [2.45, 2.75) is 12.7 Å². The Bertz CT molecular complexity index is 917. The molecule has 0 aromatic heterocycles. The molecular weight excluding hydrogens is 396 g/mol. The van der Waals surface area contributed by atoms with Crippen molar-refractivity contribution < 1.29 is 23.4 Å². The van der Waals surface area contributed by atoms with Crippen molar-refractivity contribution in [3.63, 3.8) is 0 Å². The Labute approximate surface area is 165 Å². The van der Waals surface area contributed by atoms with Crippen LogP contribution < -0.4 is 9.47 Å². The predicted octanol–water partition coefficient (Wildman–Crippen LogP) is 4.25. The number of hydrogen-bond donors (Lipinski definition) is 0. The molecule has 1 unspecified atom stereocenters. The predicted molar refractivity (Wildman–Crippen MR) is 98.2 cm³/mol. The van der Waals surface area contributed by atoms with E-state index < -0.39 is 17.5 Å². The zero-order valence-corrected chi connectivity index (χ0v) is 15.9. The Morgan fingerprint density at radius 3 is 2.44 bits per heavy atom. The SMILES string of the molecule is CC1(c2ccc(Cl)cc2Cl)Oc2cc(F)c(C(=O)N3CCOCC3)cc2O1. The van der Waals surface area contributed by atoms with E-state index in [1.165, 1.54) is 6.07 Å². The van der Waals surface area contributed by atoms with Gasteiger partial charge in [0.1, 0.15) is 5.82 Å². The van der Waals surface area contributed by atoms with Gasteiger partial charge in [-0.2, -0.15) is 0 Å². The highest BCUT2D eigenvalue weighted by molar-refractivity contribution is 6.35. The van der Waals surface area contributed by atoms with Gasteiger partial charge >= 0.3 is 0 Å². The lowest BCUT2D eigenvalue weighted by molar-refractivity contribution is -0.0679. The quantitative estimate of drug-likeness (QED) is 0.740. The molecule has 1 amide bonds. The van der Waals surface area contributed by atoms with Gasteiger partial charge in [-0.15, -0.1) is 0 Å². The summed E-state index contributed by atoms with van der Waals surface area (Å²) >= 11 is 12.2. The number of ether oxygens (including phenoxy) is 3. The third-order valence-electron chi connectivity index (χ3n) is 4.59. The third kappa shape index (κ3) is 3.33. The Balaban J connectivity index is 1.65. The first-order chi connectivity index (χ1) is 12.9. The van der Waals surface area contributed by atoms with Crippen molar-refractivity contribution in [2.24, 2.45) is 0 Å². The van der Waals surface area contributed by atoms with Crippen LogP contribution in [-0.4, -0.2) is 37.1 Å². The van der Waals surface area contributed by atoms with Gasteiger partial charge in [0.15, 0.2) is 11.5 Å². The average molecular weight is 412 g/mol. The molecule has 0 bridgehead atoms. The number of amides is 1. The Kier molecular flexibility index (Phi) is 4.66. The van der Waals surface area contributed by atoms with E-state index >= 15 is 0 Å². The van der Waals surface area contributed by atoms with Crippen molar-refractivity contribution in [1.82, 2.24) is 4.90 Å². The van der Waals surface area contributed by atoms with Crippen molar-refractivity contribution in [1.29, 1.82) is 0 Å². The van der Waals surface area contributed by atoms with E-state index in [0.29, 0.717) is 41.9 Å². The van der Waals surface area contributed by atoms with Gasteiger partial charge < -0.3 is 19.1 Å². The monoisotopic (exact) mass is 411 g/mol. The number of rotatable bonds is 2. The summed E-state index contributed by atoms with van der Waals surface area (Å²) in [5.74, 6) is -1.83. The van der Waals surface area contributed by atoms with Gasteiger partial charge in [0, 0.05) is 31.1 Å². The van der Waals surface area contributed by atoms with Crippen LogP contribution in [0.15, 0.2) is 30.3 Å². The molecule has 1 fully saturated rings. The van der Waals surface area contributed by atoms with E-state index in [4.69, 9.17) is 37.4 Å². The summed E-state index contributed by atoms with van der Waals surface area (Å²) in [7, 11) is 0. The van der Waals surface area contributed by atoms with Crippen LogP contribution in [0.2, 0.25) is 10.0 Å². The standard InChI is InChI=1S/C19H16Cl2FNO4/c1-19(13-3-2-11(20)8-14(13)21)26-16-9-12(15(22)10-17(16)27-19)18(24)23-4-6-25-7-5-23/h2-3,8-10H,4-7H2,1H3. The number of fused-ring (bicyclic) bond motifs is 1. The van der Waals surface area contributed by atoms with Gasteiger partial charge in [-0.05, 0) is 24.3 Å². The van der Waals surface area contributed by atoms with Crippen LogP contribution in [0.4, 0.5) is 4.39 Å². The molecule has 2 heterocycles. The minimum absolute atomic E-state index is 0.0642. The molecule has 2 aromatic rings. The molecule has 0 spiro atoms. The fourth-order valence-corrected chi connectivity index (χ4v) is 3.78. The summed E-state index contributed by atoms with van der Waals surface area (Å²) in [5.41, 5.74) is 0.483. The molecule has 0 aliphatic carbocycles. The highest BCUT2D eigenvalue weighted by atomic mass is 35.5. The normalized spacial score (nSPS) is 21.4. The van der Waals surface area contributed by atoms with E-state index in [1.54, 1.807) is 30.0 Å². The number of morpholine rings is 1. The van der Waals surface area contributed by atoms with Crippen LogP contribution in [0.1, 0.15) is 22.8 Å². The van der Waals surface area contributed by atoms with Gasteiger partial charge in [0.25, 0.3) is 11.7 Å². The molecule has 2 aliphatic heterocycles. The molecule has 0 radical (unpaired) electrons. The number of carbonyl (C=O) groups is 1. The van der Waals surface area contributed by atoms with E-state index in [-0.39, 0.29) is 17.1 Å². The molecule has 1 saturated heterocycles. The number of nitrogens with zero attached hydrogens (tertiary/aromatic N) is 1. The van der Waals surface area contributed by atoms with Gasteiger partial charge in [0.2, 0.25) is 0 Å². The van der Waals surface area contributed by atoms with Crippen LogP contribution >= 0.6 is 23.2 Å². The maximum atomic E-state index is 14.6. The summed E-state index contributed by atoms with van der Waals surface area (Å²) in [6.45, 7) is 3.38. The summed E-state index contributed by atoms with van der Waals surface area (Å²) in [4.78, 5) is 14.2. The van der Waals surface area contributed by atoms with Crippen LogP contribution in [0.25, 0.3) is 0 Å². The molecule has 2 aromatic carbocycles. The van der Waals surface area contributed by atoms with Gasteiger partial charge in [-0.3, -0.25) is 4.79 Å². The maximum absolute atomic E-state index is 14.6. The number of carbonyl (C=O) groups excluding carboxylic acids is 1. The molecule has 5 nitrogen and oxygen atoms in total. The summed E-state index contributed by atoms with van der Waals surface area (Å²) in [5, 5.41) is 0.843. The van der Waals surface area contributed by atoms with Crippen LogP contribution in [0.5, 0.6) is 11.5 Å². The molecule has 1 atom stereocenters. The highest BCUT2D eigenvalue weighted by Crippen LogP contribution is 2.47. The lowest BCUT2D eigenvalue weighted by Gasteiger charge is -2.27. The first-order valence-corrected chi connectivity index (χ1v) is 9.17. The zero-order chi connectivity index (χ0) is 19.2.